The van der Waals surface area contributed by atoms with Crippen molar-refractivity contribution in [2.75, 3.05) is 0 Å². The molecule has 1 atom stereocenters. The molecule has 0 radical (unpaired) electrons. The Hall–Kier alpha value is -2.14. The van der Waals surface area contributed by atoms with E-state index in [0.717, 1.165) is 30.4 Å². The highest BCUT2D eigenvalue weighted by Gasteiger charge is 2.51. The average molecular weight is 325 g/mol. The molecule has 0 saturated carbocycles. The number of hydrogen-bond acceptors (Lipinski definition) is 4. The van der Waals surface area contributed by atoms with E-state index in [-0.39, 0.29) is 5.91 Å². The van der Waals surface area contributed by atoms with Crippen molar-refractivity contribution in [2.45, 2.75) is 38.3 Å². The van der Waals surface area contributed by atoms with Crippen molar-refractivity contribution in [1.82, 2.24) is 4.90 Å². The smallest absolute Gasteiger partial charge is 0.262 e. The lowest BCUT2D eigenvalue weighted by Gasteiger charge is -2.30. The van der Waals surface area contributed by atoms with E-state index in [9.17, 15) is 4.79 Å². The molecule has 1 unspecified atom stereocenters. The summed E-state index contributed by atoms with van der Waals surface area (Å²) in [6, 6.07) is 12.1. The van der Waals surface area contributed by atoms with E-state index in [0.29, 0.717) is 12.5 Å². The highest BCUT2D eigenvalue weighted by atomic mass is 32.1. The van der Waals surface area contributed by atoms with Gasteiger partial charge in [-0.05, 0) is 37.8 Å². The van der Waals surface area contributed by atoms with Gasteiger partial charge >= 0.3 is 0 Å². The molecule has 2 N–H and O–H groups in total. The summed E-state index contributed by atoms with van der Waals surface area (Å²) in [5.74, 6) is 0.369. The topological polar surface area (TPSA) is 58.7 Å². The Balaban J connectivity index is 1.72. The Morgan fingerprint density at radius 3 is 2.91 bits per heavy atom. The summed E-state index contributed by atoms with van der Waals surface area (Å²) in [6.07, 6.45) is 2.77. The summed E-state index contributed by atoms with van der Waals surface area (Å²) in [7, 11) is 0. The van der Waals surface area contributed by atoms with Gasteiger partial charge < -0.3 is 5.73 Å². The first-order chi connectivity index (χ1) is 11.1. The van der Waals surface area contributed by atoms with Gasteiger partial charge in [-0.15, -0.1) is 11.3 Å². The molecule has 1 aromatic heterocycles. The fourth-order valence-corrected chi connectivity index (χ4v) is 4.78. The molecule has 2 aromatic rings. The molecule has 1 aliphatic heterocycles. The van der Waals surface area contributed by atoms with Crippen molar-refractivity contribution >= 4 is 23.2 Å². The normalized spacial score (nSPS) is 23.3. The van der Waals surface area contributed by atoms with Crippen molar-refractivity contribution in [3.8, 4) is 0 Å². The molecule has 1 aliphatic carbocycles. The maximum Gasteiger partial charge on any atom is 0.262 e. The van der Waals surface area contributed by atoms with Gasteiger partial charge in [0.25, 0.3) is 5.91 Å². The molecule has 1 aromatic carbocycles. The molecule has 2 aliphatic rings. The van der Waals surface area contributed by atoms with Crippen LogP contribution < -0.4 is 5.73 Å². The van der Waals surface area contributed by atoms with E-state index in [4.69, 9.17) is 5.73 Å². The number of fused-ring (bicyclic) bond motifs is 2. The third-order valence-corrected chi connectivity index (χ3v) is 5.79. The predicted octanol–water partition coefficient (Wildman–Crippen LogP) is 2.95. The predicted molar refractivity (Wildman–Crippen MR) is 92.3 cm³/mol. The van der Waals surface area contributed by atoms with Crippen molar-refractivity contribution in [3.05, 3.63) is 57.3 Å². The fraction of sp³-hybridized carbons (Fsp3) is 0.333. The molecule has 0 fully saturated rings. The quantitative estimate of drug-likeness (QED) is 0.923. The van der Waals surface area contributed by atoms with Gasteiger partial charge in [-0.2, -0.15) is 0 Å². The van der Waals surface area contributed by atoms with E-state index in [1.165, 1.54) is 9.75 Å². The van der Waals surface area contributed by atoms with E-state index < -0.39 is 5.54 Å². The largest absolute Gasteiger partial charge is 0.369 e. The Morgan fingerprint density at radius 1 is 1.35 bits per heavy atom. The van der Waals surface area contributed by atoms with Crippen molar-refractivity contribution < 1.29 is 4.79 Å². The van der Waals surface area contributed by atoms with Gasteiger partial charge in [-0.25, -0.2) is 4.99 Å². The Bertz CT molecular complexity index is 796. The average Bonchev–Trinajstić information content (AvgIpc) is 3.03. The maximum atomic E-state index is 13.2. The van der Waals surface area contributed by atoms with E-state index in [1.54, 1.807) is 16.2 Å². The van der Waals surface area contributed by atoms with Gasteiger partial charge in [-0.1, -0.05) is 30.3 Å². The van der Waals surface area contributed by atoms with Gasteiger partial charge in [0.1, 0.15) is 0 Å². The first-order valence-corrected chi connectivity index (χ1v) is 8.73. The number of guanidine groups is 1. The molecule has 4 nitrogen and oxygen atoms in total. The lowest BCUT2D eigenvalue weighted by Crippen LogP contribution is -2.43. The van der Waals surface area contributed by atoms with Crippen LogP contribution in [-0.2, 0) is 23.3 Å². The van der Waals surface area contributed by atoms with Gasteiger partial charge in [0, 0.05) is 15.3 Å². The molecule has 23 heavy (non-hydrogen) atoms. The van der Waals surface area contributed by atoms with Crippen LogP contribution in [0.1, 0.15) is 33.7 Å². The van der Waals surface area contributed by atoms with E-state index >= 15 is 0 Å². The number of aryl methyl sites for hydroxylation is 2. The minimum atomic E-state index is -0.781. The zero-order valence-electron chi connectivity index (χ0n) is 13.1. The van der Waals surface area contributed by atoms with Crippen LogP contribution in [0.15, 0.2) is 41.4 Å². The zero-order chi connectivity index (χ0) is 16.0. The number of carbonyl (C=O) groups excluding carboxylic acids is 1. The third-order valence-electron chi connectivity index (χ3n) is 4.68. The summed E-state index contributed by atoms with van der Waals surface area (Å²) >= 11 is 1.78. The lowest BCUT2D eigenvalue weighted by atomic mass is 9.80. The summed E-state index contributed by atoms with van der Waals surface area (Å²) in [5, 5.41) is 0. The summed E-state index contributed by atoms with van der Waals surface area (Å²) in [6.45, 7) is 2.57. The second-order valence-electron chi connectivity index (χ2n) is 6.25. The summed E-state index contributed by atoms with van der Waals surface area (Å²) < 4.78 is 0. The van der Waals surface area contributed by atoms with Crippen LogP contribution in [0.25, 0.3) is 0 Å². The molecule has 2 heterocycles. The van der Waals surface area contributed by atoms with Crippen molar-refractivity contribution in [2.24, 2.45) is 10.7 Å². The highest BCUT2D eigenvalue weighted by Crippen LogP contribution is 2.46. The number of hydrogen-bond donors (Lipinski definition) is 1. The Kier molecular flexibility index (Phi) is 3.27. The molecular weight excluding hydrogens is 306 g/mol. The minimum absolute atomic E-state index is 0.0256. The number of amides is 1. The van der Waals surface area contributed by atoms with Crippen LogP contribution in [0, 0.1) is 6.92 Å². The number of nitrogens with zero attached hydrogens (tertiary/aromatic N) is 2. The monoisotopic (exact) mass is 325 g/mol. The third kappa shape index (κ3) is 2.18. The molecular formula is C18H19N3OS. The highest BCUT2D eigenvalue weighted by molar-refractivity contribution is 7.12. The fourth-order valence-electron chi connectivity index (χ4n) is 3.63. The first kappa shape index (κ1) is 14.5. The van der Waals surface area contributed by atoms with Crippen LogP contribution in [0.4, 0.5) is 0 Å². The minimum Gasteiger partial charge on any atom is -0.369 e. The number of nitrogens with two attached hydrogens (primary N) is 1. The Labute approximate surface area is 139 Å². The number of carbonyl (C=O) groups is 1. The van der Waals surface area contributed by atoms with Crippen molar-refractivity contribution in [3.63, 3.8) is 0 Å². The molecule has 0 saturated heterocycles. The van der Waals surface area contributed by atoms with E-state index in [2.05, 4.69) is 18.0 Å². The van der Waals surface area contributed by atoms with Crippen LogP contribution in [0.2, 0.25) is 0 Å². The molecule has 1 amide bonds. The number of rotatable bonds is 2. The van der Waals surface area contributed by atoms with Crippen LogP contribution >= 0.6 is 11.3 Å². The number of benzene rings is 1. The molecule has 1 spiro atoms. The van der Waals surface area contributed by atoms with Crippen LogP contribution in [0.5, 0.6) is 0 Å². The van der Waals surface area contributed by atoms with Gasteiger partial charge in [-0.3, -0.25) is 9.69 Å². The summed E-state index contributed by atoms with van der Waals surface area (Å²) in [4.78, 5) is 22.0. The number of thiophene rings is 1. The van der Waals surface area contributed by atoms with Gasteiger partial charge in [0.05, 0.1) is 6.54 Å². The van der Waals surface area contributed by atoms with Gasteiger partial charge in [0.2, 0.25) is 0 Å². The summed E-state index contributed by atoms with van der Waals surface area (Å²) in [5.41, 5.74) is 7.51. The van der Waals surface area contributed by atoms with Gasteiger partial charge in [0.15, 0.2) is 11.5 Å². The van der Waals surface area contributed by atoms with Crippen LogP contribution in [-0.4, -0.2) is 16.8 Å². The first-order valence-electron chi connectivity index (χ1n) is 7.91. The van der Waals surface area contributed by atoms with Crippen molar-refractivity contribution in [1.29, 1.82) is 0 Å². The van der Waals surface area contributed by atoms with E-state index in [1.807, 2.05) is 30.3 Å². The SMILES string of the molecule is Cc1cc2c(s1)CCCC21N=C(N)N(Cc2ccccc2)C1=O. The second-order valence-corrected chi connectivity index (χ2v) is 7.60. The number of aliphatic imine (C=N–C) groups is 1. The maximum absolute atomic E-state index is 13.2. The molecule has 0 bridgehead atoms. The zero-order valence-corrected chi connectivity index (χ0v) is 13.9. The molecule has 5 heteroatoms. The molecule has 118 valence electrons. The van der Waals surface area contributed by atoms with Crippen LogP contribution in [0.3, 0.4) is 0 Å². The standard InChI is InChI=1S/C18H19N3OS/c1-12-10-14-15(23-12)8-5-9-18(14)16(22)21(17(19)20-18)11-13-6-3-2-4-7-13/h2-4,6-7,10H,5,8-9,11H2,1H3,(H2,19,20). The molecule has 4 rings (SSSR count). The lowest BCUT2D eigenvalue weighted by molar-refractivity contribution is -0.132. The Morgan fingerprint density at radius 2 is 2.13 bits per heavy atom. The second kappa shape index (κ2) is 5.20.